The fraction of sp³-hybridized carbons (Fsp3) is 0.700. The Hall–Kier alpha value is -0.630. The van der Waals surface area contributed by atoms with Crippen molar-refractivity contribution in [3.63, 3.8) is 0 Å². The molecule has 0 amide bonds. The number of nitrogens with zero attached hydrogens (tertiary/aromatic N) is 1. The molecule has 12 heavy (non-hydrogen) atoms. The summed E-state index contributed by atoms with van der Waals surface area (Å²) >= 11 is 0. The molecule has 0 rings (SSSR count). The Bertz CT molecular complexity index is 169. The summed E-state index contributed by atoms with van der Waals surface area (Å²) in [5, 5.41) is 3.28. The molecule has 0 atom stereocenters. The van der Waals surface area contributed by atoms with Crippen molar-refractivity contribution in [1.82, 2.24) is 5.32 Å². The van der Waals surface area contributed by atoms with Gasteiger partial charge in [-0.25, -0.2) is 0 Å². The van der Waals surface area contributed by atoms with Crippen molar-refractivity contribution < 1.29 is 0 Å². The average Bonchev–Trinajstić information content (AvgIpc) is 2.12. The van der Waals surface area contributed by atoms with E-state index in [1.54, 1.807) is 0 Å². The molecule has 0 aromatic carbocycles. The Labute approximate surface area is 75.8 Å². The number of hydrogen-bond donors (Lipinski definition) is 1. The normalized spacial score (nSPS) is 13.7. The predicted octanol–water partition coefficient (Wildman–Crippen LogP) is 2.02. The standard InChI is InChI=1S/C10H20N2/c1-5-9(6-2)10(11-4)8-12-7-3/h5,12H,6-8H2,1-4H3/b9-5-,11-10-. The van der Waals surface area contributed by atoms with Gasteiger partial charge in [-0.05, 0) is 25.5 Å². The maximum atomic E-state index is 4.25. The Morgan fingerprint density at radius 3 is 2.42 bits per heavy atom. The van der Waals surface area contributed by atoms with Gasteiger partial charge in [-0.15, -0.1) is 0 Å². The van der Waals surface area contributed by atoms with E-state index in [9.17, 15) is 0 Å². The molecule has 0 aliphatic rings. The lowest BCUT2D eigenvalue weighted by molar-refractivity contribution is 0.814. The van der Waals surface area contributed by atoms with Crippen molar-refractivity contribution in [3.8, 4) is 0 Å². The minimum Gasteiger partial charge on any atom is -0.311 e. The van der Waals surface area contributed by atoms with Crippen LogP contribution in [-0.2, 0) is 0 Å². The minimum atomic E-state index is 0.889. The van der Waals surface area contributed by atoms with Gasteiger partial charge < -0.3 is 5.32 Å². The van der Waals surface area contributed by atoms with Crippen LogP contribution in [0.4, 0.5) is 0 Å². The molecule has 0 aromatic heterocycles. The van der Waals surface area contributed by atoms with Crippen LogP contribution in [0.25, 0.3) is 0 Å². The summed E-state index contributed by atoms with van der Waals surface area (Å²) < 4.78 is 0. The SMILES string of the molecule is C/C=C(CC)\C(CNCC)=N/C. The fourth-order valence-electron chi connectivity index (χ4n) is 1.15. The van der Waals surface area contributed by atoms with E-state index in [-0.39, 0.29) is 0 Å². The van der Waals surface area contributed by atoms with Crippen LogP contribution in [0.5, 0.6) is 0 Å². The summed E-state index contributed by atoms with van der Waals surface area (Å²) in [6.45, 7) is 8.22. The van der Waals surface area contributed by atoms with Crippen LogP contribution in [0.3, 0.4) is 0 Å². The summed E-state index contributed by atoms with van der Waals surface area (Å²) in [5.41, 5.74) is 2.53. The zero-order chi connectivity index (χ0) is 9.40. The molecule has 0 aliphatic carbocycles. The third-order valence-corrected chi connectivity index (χ3v) is 1.91. The van der Waals surface area contributed by atoms with Crippen LogP contribution in [0.1, 0.15) is 27.2 Å². The summed E-state index contributed by atoms with van der Waals surface area (Å²) in [6, 6.07) is 0. The van der Waals surface area contributed by atoms with Gasteiger partial charge in [-0.1, -0.05) is 19.9 Å². The van der Waals surface area contributed by atoms with Crippen molar-refractivity contribution in [3.05, 3.63) is 11.6 Å². The summed E-state index contributed by atoms with van der Waals surface area (Å²) in [4.78, 5) is 4.25. The third-order valence-electron chi connectivity index (χ3n) is 1.91. The monoisotopic (exact) mass is 168 g/mol. The topological polar surface area (TPSA) is 24.4 Å². The lowest BCUT2D eigenvalue weighted by atomic mass is 10.1. The van der Waals surface area contributed by atoms with E-state index in [0.29, 0.717) is 0 Å². The molecule has 0 fully saturated rings. The largest absolute Gasteiger partial charge is 0.311 e. The fourth-order valence-corrected chi connectivity index (χ4v) is 1.15. The van der Waals surface area contributed by atoms with Gasteiger partial charge >= 0.3 is 0 Å². The Kier molecular flexibility index (Phi) is 6.67. The van der Waals surface area contributed by atoms with Crippen LogP contribution < -0.4 is 5.32 Å². The van der Waals surface area contributed by atoms with Gasteiger partial charge in [0.1, 0.15) is 0 Å². The van der Waals surface area contributed by atoms with Crippen molar-refractivity contribution in [2.75, 3.05) is 20.1 Å². The molecule has 2 heteroatoms. The zero-order valence-corrected chi connectivity index (χ0v) is 8.65. The highest BCUT2D eigenvalue weighted by Gasteiger charge is 2.01. The number of hydrogen-bond acceptors (Lipinski definition) is 2. The molecule has 0 unspecified atom stereocenters. The highest BCUT2D eigenvalue weighted by Crippen LogP contribution is 2.02. The number of aliphatic imine (C=N–C) groups is 1. The van der Waals surface area contributed by atoms with Crippen molar-refractivity contribution in [1.29, 1.82) is 0 Å². The first kappa shape index (κ1) is 11.4. The third kappa shape index (κ3) is 3.67. The van der Waals surface area contributed by atoms with Gasteiger partial charge in [0.05, 0.1) is 5.71 Å². The predicted molar refractivity (Wildman–Crippen MR) is 56.0 cm³/mol. The summed E-state index contributed by atoms with van der Waals surface area (Å²) in [5.74, 6) is 0. The Morgan fingerprint density at radius 1 is 1.42 bits per heavy atom. The smallest absolute Gasteiger partial charge is 0.0511 e. The second-order valence-electron chi connectivity index (χ2n) is 2.62. The van der Waals surface area contributed by atoms with Gasteiger partial charge in [0.25, 0.3) is 0 Å². The summed E-state index contributed by atoms with van der Waals surface area (Å²) in [7, 11) is 1.85. The first-order valence-electron chi connectivity index (χ1n) is 4.62. The minimum absolute atomic E-state index is 0.889. The molecule has 0 saturated heterocycles. The van der Waals surface area contributed by atoms with Crippen molar-refractivity contribution >= 4 is 5.71 Å². The van der Waals surface area contributed by atoms with Crippen molar-refractivity contribution in [2.24, 2.45) is 4.99 Å². The molecule has 0 aromatic rings. The first-order chi connectivity index (χ1) is 5.79. The van der Waals surface area contributed by atoms with Gasteiger partial charge in [0.15, 0.2) is 0 Å². The molecule has 0 bridgehead atoms. The number of allylic oxidation sites excluding steroid dienone is 1. The van der Waals surface area contributed by atoms with E-state index in [4.69, 9.17) is 0 Å². The summed E-state index contributed by atoms with van der Waals surface area (Å²) in [6.07, 6.45) is 3.20. The molecule has 70 valence electrons. The van der Waals surface area contributed by atoms with Gasteiger partial charge in [-0.2, -0.15) is 0 Å². The quantitative estimate of drug-likeness (QED) is 0.624. The molecular formula is C10H20N2. The van der Waals surface area contributed by atoms with Crippen LogP contribution in [0.15, 0.2) is 16.6 Å². The van der Waals surface area contributed by atoms with Crippen LogP contribution in [0.2, 0.25) is 0 Å². The molecule has 0 spiro atoms. The second-order valence-corrected chi connectivity index (χ2v) is 2.62. The highest BCUT2D eigenvalue weighted by atomic mass is 14.9. The lowest BCUT2D eigenvalue weighted by Gasteiger charge is -2.08. The molecule has 0 radical (unpaired) electrons. The molecule has 0 heterocycles. The first-order valence-corrected chi connectivity index (χ1v) is 4.62. The molecule has 0 saturated carbocycles. The molecule has 2 nitrogen and oxygen atoms in total. The maximum Gasteiger partial charge on any atom is 0.0511 e. The van der Waals surface area contributed by atoms with Gasteiger partial charge in [-0.3, -0.25) is 4.99 Å². The van der Waals surface area contributed by atoms with Crippen LogP contribution in [0, 0.1) is 0 Å². The second kappa shape index (κ2) is 7.04. The van der Waals surface area contributed by atoms with Crippen molar-refractivity contribution in [2.45, 2.75) is 27.2 Å². The van der Waals surface area contributed by atoms with E-state index in [1.165, 1.54) is 11.3 Å². The highest BCUT2D eigenvalue weighted by molar-refractivity contribution is 6.01. The van der Waals surface area contributed by atoms with E-state index >= 15 is 0 Å². The molecule has 1 N–H and O–H groups in total. The van der Waals surface area contributed by atoms with Crippen LogP contribution >= 0.6 is 0 Å². The van der Waals surface area contributed by atoms with Gasteiger partial charge in [0, 0.05) is 13.6 Å². The van der Waals surface area contributed by atoms with E-state index < -0.39 is 0 Å². The average molecular weight is 168 g/mol. The number of nitrogens with one attached hydrogen (secondary N) is 1. The number of rotatable bonds is 5. The lowest BCUT2D eigenvalue weighted by Crippen LogP contribution is -2.23. The van der Waals surface area contributed by atoms with E-state index in [0.717, 1.165) is 19.5 Å². The van der Waals surface area contributed by atoms with Gasteiger partial charge in [0.2, 0.25) is 0 Å². The Balaban J connectivity index is 4.15. The molecular weight excluding hydrogens is 148 g/mol. The van der Waals surface area contributed by atoms with E-state index in [1.807, 2.05) is 7.05 Å². The van der Waals surface area contributed by atoms with Crippen LogP contribution in [-0.4, -0.2) is 25.8 Å². The Morgan fingerprint density at radius 2 is 2.08 bits per heavy atom. The zero-order valence-electron chi connectivity index (χ0n) is 8.65. The van der Waals surface area contributed by atoms with E-state index in [2.05, 4.69) is 37.2 Å². The maximum absolute atomic E-state index is 4.25. The molecule has 0 aliphatic heterocycles.